The van der Waals surface area contributed by atoms with Gasteiger partial charge in [-0.3, -0.25) is 4.79 Å². The predicted octanol–water partition coefficient (Wildman–Crippen LogP) is 5.59. The maximum absolute atomic E-state index is 13.0. The third-order valence-electron chi connectivity index (χ3n) is 5.17. The predicted molar refractivity (Wildman–Crippen MR) is 122 cm³/mol. The number of amides is 1. The van der Waals surface area contributed by atoms with Gasteiger partial charge in [-0.15, -0.1) is 0 Å². The Hall–Kier alpha value is -2.01. The van der Waals surface area contributed by atoms with Gasteiger partial charge in [0.2, 0.25) is 0 Å². The number of carbonyl (C=O) groups excluding carboxylic acids is 1. The smallest absolute Gasteiger partial charge is 0.254 e. The van der Waals surface area contributed by atoms with Crippen LogP contribution in [-0.4, -0.2) is 28.9 Å². The first-order valence-corrected chi connectivity index (χ1v) is 10.9. The number of rotatable bonds is 4. The van der Waals surface area contributed by atoms with Gasteiger partial charge in [0.1, 0.15) is 0 Å². The lowest BCUT2D eigenvalue weighted by atomic mass is 10.0. The van der Waals surface area contributed by atoms with Crippen molar-refractivity contribution < 1.29 is 4.79 Å². The molecule has 6 heteroatoms. The van der Waals surface area contributed by atoms with E-state index < -0.39 is 0 Å². The number of hydrogen-bond donors (Lipinski definition) is 2. The molecule has 3 N–H and O–H groups in total. The maximum Gasteiger partial charge on any atom is 0.254 e. The van der Waals surface area contributed by atoms with E-state index in [9.17, 15) is 4.79 Å². The second kappa shape index (κ2) is 9.66. The van der Waals surface area contributed by atoms with Crippen LogP contribution in [0.4, 0.5) is 0 Å². The largest absolute Gasteiger partial charge is 0.357 e. The standard InChI is InChI=1S/C21H21Cl2N3O.C2H6/c22-15-5-6-19-17(11-15)16-7-9-26(12-20(16)25-19)21(27)14-4-3-13(2-1-8-24)18(23)10-14;1-2/h3-6,10-11,25H,1-2,7-9,12,24H2;1-2H3. The van der Waals surface area contributed by atoms with Gasteiger partial charge in [0.05, 0.1) is 6.54 Å². The molecule has 1 aliphatic heterocycles. The number of nitrogens with one attached hydrogen (secondary N) is 1. The molecule has 0 fully saturated rings. The average Bonchev–Trinajstić information content (AvgIpc) is 3.10. The molecule has 1 aromatic heterocycles. The van der Waals surface area contributed by atoms with Gasteiger partial charge in [0.25, 0.3) is 5.91 Å². The van der Waals surface area contributed by atoms with Crippen LogP contribution in [0.25, 0.3) is 10.9 Å². The normalized spacial score (nSPS) is 13.1. The molecule has 1 amide bonds. The molecular weight excluding hydrogens is 405 g/mol. The van der Waals surface area contributed by atoms with Crippen LogP contribution in [0.1, 0.15) is 47.4 Å². The number of aryl methyl sites for hydroxylation is 1. The Bertz CT molecular complexity index is 1010. The summed E-state index contributed by atoms with van der Waals surface area (Å²) < 4.78 is 0. The van der Waals surface area contributed by atoms with E-state index in [0.29, 0.717) is 30.2 Å². The highest BCUT2D eigenvalue weighted by Gasteiger charge is 2.25. The lowest BCUT2D eigenvalue weighted by Gasteiger charge is -2.27. The van der Waals surface area contributed by atoms with Crippen molar-refractivity contribution in [3.63, 3.8) is 0 Å². The Morgan fingerprint density at radius 1 is 1.17 bits per heavy atom. The molecule has 4 nitrogen and oxygen atoms in total. The van der Waals surface area contributed by atoms with Crippen LogP contribution in [0.3, 0.4) is 0 Å². The third kappa shape index (κ3) is 4.61. The molecule has 0 unspecified atom stereocenters. The number of benzene rings is 2. The molecule has 154 valence electrons. The van der Waals surface area contributed by atoms with Crippen molar-refractivity contribution >= 4 is 40.0 Å². The van der Waals surface area contributed by atoms with E-state index in [2.05, 4.69) is 4.98 Å². The van der Waals surface area contributed by atoms with Crippen molar-refractivity contribution in [2.75, 3.05) is 13.1 Å². The summed E-state index contributed by atoms with van der Waals surface area (Å²) in [4.78, 5) is 18.3. The number of hydrogen-bond acceptors (Lipinski definition) is 2. The van der Waals surface area contributed by atoms with Gasteiger partial charge in [-0.2, -0.15) is 0 Å². The SMILES string of the molecule is CC.NCCCc1ccc(C(=O)N2CCc3c([nH]c4ccc(Cl)cc34)C2)cc1Cl. The van der Waals surface area contributed by atoms with Crippen LogP contribution in [0.2, 0.25) is 10.0 Å². The number of nitrogens with two attached hydrogens (primary N) is 1. The van der Waals surface area contributed by atoms with Crippen LogP contribution in [0, 0.1) is 0 Å². The topological polar surface area (TPSA) is 62.1 Å². The number of aromatic amines is 1. The summed E-state index contributed by atoms with van der Waals surface area (Å²) >= 11 is 12.5. The number of halogens is 2. The first-order chi connectivity index (χ1) is 14.1. The molecule has 0 atom stereocenters. The maximum atomic E-state index is 13.0. The van der Waals surface area contributed by atoms with Crippen LogP contribution in [0.15, 0.2) is 36.4 Å². The highest BCUT2D eigenvalue weighted by atomic mass is 35.5. The fourth-order valence-corrected chi connectivity index (χ4v) is 4.19. The Balaban J connectivity index is 0.00000117. The van der Waals surface area contributed by atoms with Crippen molar-refractivity contribution in [1.82, 2.24) is 9.88 Å². The van der Waals surface area contributed by atoms with E-state index in [1.165, 1.54) is 5.56 Å². The summed E-state index contributed by atoms with van der Waals surface area (Å²) in [6, 6.07) is 11.4. The summed E-state index contributed by atoms with van der Waals surface area (Å²) in [5.41, 5.74) is 10.6. The summed E-state index contributed by atoms with van der Waals surface area (Å²) in [5, 5.41) is 2.51. The van der Waals surface area contributed by atoms with E-state index in [-0.39, 0.29) is 5.91 Å². The molecule has 29 heavy (non-hydrogen) atoms. The van der Waals surface area contributed by atoms with Crippen molar-refractivity contribution in [3.8, 4) is 0 Å². The summed E-state index contributed by atoms with van der Waals surface area (Å²) in [7, 11) is 0. The second-order valence-corrected chi connectivity index (χ2v) is 7.79. The van der Waals surface area contributed by atoms with E-state index in [4.69, 9.17) is 28.9 Å². The molecule has 1 aliphatic rings. The Labute approximate surface area is 182 Å². The summed E-state index contributed by atoms with van der Waals surface area (Å²) in [6.45, 7) is 5.87. The minimum absolute atomic E-state index is 0.00427. The molecular formula is C23H27Cl2N3O. The van der Waals surface area contributed by atoms with Crippen LogP contribution >= 0.6 is 23.2 Å². The van der Waals surface area contributed by atoms with Crippen LogP contribution in [-0.2, 0) is 19.4 Å². The van der Waals surface area contributed by atoms with Gasteiger partial charge >= 0.3 is 0 Å². The fourth-order valence-electron chi connectivity index (χ4n) is 3.74. The molecule has 0 saturated heterocycles. The second-order valence-electron chi connectivity index (χ2n) is 6.95. The first kappa shape index (κ1) is 21.7. The lowest BCUT2D eigenvalue weighted by Crippen LogP contribution is -2.35. The first-order valence-electron chi connectivity index (χ1n) is 10.1. The molecule has 0 aliphatic carbocycles. The molecule has 0 radical (unpaired) electrons. The zero-order valence-corrected chi connectivity index (χ0v) is 18.4. The number of carbonyl (C=O) groups is 1. The molecule has 2 aromatic carbocycles. The monoisotopic (exact) mass is 431 g/mol. The average molecular weight is 432 g/mol. The summed E-state index contributed by atoms with van der Waals surface area (Å²) in [5.74, 6) is 0.00427. The van der Waals surface area contributed by atoms with Crippen molar-refractivity contribution in [3.05, 3.63) is 68.8 Å². The Morgan fingerprint density at radius 2 is 1.97 bits per heavy atom. The number of H-pyrrole nitrogens is 1. The minimum Gasteiger partial charge on any atom is -0.357 e. The molecule has 0 saturated carbocycles. The van der Waals surface area contributed by atoms with Crippen molar-refractivity contribution in [2.45, 2.75) is 39.7 Å². The van der Waals surface area contributed by atoms with Gasteiger partial charge in [-0.1, -0.05) is 43.1 Å². The fraction of sp³-hybridized carbons (Fsp3) is 0.348. The lowest BCUT2D eigenvalue weighted by molar-refractivity contribution is 0.0733. The highest BCUT2D eigenvalue weighted by Crippen LogP contribution is 2.30. The van der Waals surface area contributed by atoms with Gasteiger partial charge < -0.3 is 15.6 Å². The molecule has 2 heterocycles. The van der Waals surface area contributed by atoms with Crippen molar-refractivity contribution in [1.29, 1.82) is 0 Å². The summed E-state index contributed by atoms with van der Waals surface area (Å²) in [6.07, 6.45) is 2.52. The number of fused-ring (bicyclic) bond motifs is 3. The highest BCUT2D eigenvalue weighted by molar-refractivity contribution is 6.32. The van der Waals surface area contributed by atoms with E-state index >= 15 is 0 Å². The minimum atomic E-state index is 0.00427. The molecule has 3 aromatic rings. The van der Waals surface area contributed by atoms with Gasteiger partial charge in [0.15, 0.2) is 0 Å². The van der Waals surface area contributed by atoms with E-state index in [1.807, 2.05) is 49.1 Å². The van der Waals surface area contributed by atoms with Gasteiger partial charge in [0, 0.05) is 38.8 Å². The molecule has 4 rings (SSSR count). The van der Waals surface area contributed by atoms with Gasteiger partial charge in [-0.05, 0) is 67.3 Å². The zero-order valence-electron chi connectivity index (χ0n) is 16.9. The molecule has 0 bridgehead atoms. The van der Waals surface area contributed by atoms with Crippen molar-refractivity contribution in [2.24, 2.45) is 5.73 Å². The Morgan fingerprint density at radius 3 is 2.69 bits per heavy atom. The number of nitrogens with zero attached hydrogens (tertiary/aromatic N) is 1. The number of aromatic nitrogens is 1. The van der Waals surface area contributed by atoms with E-state index in [0.717, 1.165) is 46.4 Å². The quantitative estimate of drug-likeness (QED) is 0.565. The van der Waals surface area contributed by atoms with Gasteiger partial charge in [-0.25, -0.2) is 0 Å². The van der Waals surface area contributed by atoms with Crippen LogP contribution < -0.4 is 5.73 Å². The van der Waals surface area contributed by atoms with Crippen LogP contribution in [0.5, 0.6) is 0 Å². The zero-order chi connectivity index (χ0) is 21.0. The molecule has 0 spiro atoms. The van der Waals surface area contributed by atoms with E-state index in [1.54, 1.807) is 6.07 Å². The third-order valence-corrected chi connectivity index (χ3v) is 5.76. The Kier molecular flexibility index (Phi) is 7.23.